The number of aliphatic hydroxyl groups is 1. The van der Waals surface area contributed by atoms with Crippen molar-refractivity contribution in [1.29, 1.82) is 0 Å². The maximum absolute atomic E-state index is 8.71. The Morgan fingerprint density at radius 1 is 0.773 bits per heavy atom. The van der Waals surface area contributed by atoms with Crippen LogP contribution in [0.4, 0.5) is 0 Å². The summed E-state index contributed by atoms with van der Waals surface area (Å²) in [5.74, 6) is 1.20. The van der Waals surface area contributed by atoms with Gasteiger partial charge in [0.2, 0.25) is 0 Å². The maximum Gasteiger partial charge on any atom is 0.136 e. The van der Waals surface area contributed by atoms with Crippen molar-refractivity contribution in [3.63, 3.8) is 0 Å². The fourth-order valence-corrected chi connectivity index (χ4v) is 4.28. The summed E-state index contributed by atoms with van der Waals surface area (Å²) in [4.78, 5) is 2.43. The third-order valence-electron chi connectivity index (χ3n) is 4.39. The molecule has 0 atom stereocenters. The number of unbranched alkanes of at least 4 members (excludes halogenated alkanes) is 8. The molecule has 0 aromatic rings. The van der Waals surface area contributed by atoms with Crippen LogP contribution in [0.3, 0.4) is 0 Å². The fraction of sp³-hybridized carbons (Fsp3) is 0.944. The zero-order chi connectivity index (χ0) is 15.9. The molecule has 1 fully saturated rings. The van der Waals surface area contributed by atoms with Gasteiger partial charge in [-0.1, -0.05) is 81.8 Å². The molecular formula is C18H35NOS2. The molecule has 1 aliphatic heterocycles. The van der Waals surface area contributed by atoms with Crippen molar-refractivity contribution >= 4 is 28.3 Å². The van der Waals surface area contributed by atoms with Gasteiger partial charge in [0.25, 0.3) is 0 Å². The van der Waals surface area contributed by atoms with Gasteiger partial charge in [0.15, 0.2) is 0 Å². The van der Waals surface area contributed by atoms with Gasteiger partial charge in [-0.3, -0.25) is 0 Å². The molecule has 0 unspecified atom stereocenters. The Morgan fingerprint density at radius 3 is 1.82 bits per heavy atom. The number of hydrogen-bond donors (Lipinski definition) is 1. The van der Waals surface area contributed by atoms with Crippen LogP contribution in [0.2, 0.25) is 0 Å². The number of aliphatic hydroxyl groups excluding tert-OH is 1. The lowest BCUT2D eigenvalue weighted by Gasteiger charge is -2.22. The molecule has 0 aliphatic carbocycles. The summed E-state index contributed by atoms with van der Waals surface area (Å²) in [6.45, 7) is 2.72. The van der Waals surface area contributed by atoms with E-state index in [9.17, 15) is 0 Å². The first-order chi connectivity index (χ1) is 10.8. The predicted molar refractivity (Wildman–Crippen MR) is 104 cm³/mol. The largest absolute Gasteiger partial charge is 0.396 e. The molecule has 1 rings (SSSR count). The second-order valence-electron chi connectivity index (χ2n) is 6.42. The van der Waals surface area contributed by atoms with Gasteiger partial charge in [-0.05, 0) is 25.7 Å². The van der Waals surface area contributed by atoms with Crippen molar-refractivity contribution < 1.29 is 5.11 Å². The quantitative estimate of drug-likeness (QED) is 0.401. The van der Waals surface area contributed by atoms with E-state index in [1.54, 1.807) is 0 Å². The average molecular weight is 346 g/mol. The van der Waals surface area contributed by atoms with Gasteiger partial charge in [0.1, 0.15) is 4.32 Å². The molecule has 4 heteroatoms. The second kappa shape index (κ2) is 14.8. The van der Waals surface area contributed by atoms with Gasteiger partial charge >= 0.3 is 0 Å². The van der Waals surface area contributed by atoms with E-state index in [4.69, 9.17) is 17.3 Å². The first-order valence-electron chi connectivity index (χ1n) is 9.37. The van der Waals surface area contributed by atoms with Crippen LogP contribution in [0.15, 0.2) is 0 Å². The molecule has 1 saturated heterocycles. The first-order valence-corrected chi connectivity index (χ1v) is 10.8. The standard InChI is InChI=1S/C18H35NOS2/c20-16-12-8-4-2-1-3-5-9-13-17-22-18(21)19-14-10-6-7-11-15-19/h20H,1-17H2. The van der Waals surface area contributed by atoms with E-state index in [1.165, 1.54) is 95.9 Å². The van der Waals surface area contributed by atoms with Crippen molar-refractivity contribution in [2.75, 3.05) is 25.4 Å². The van der Waals surface area contributed by atoms with Crippen LogP contribution in [0.5, 0.6) is 0 Å². The van der Waals surface area contributed by atoms with E-state index in [1.807, 2.05) is 11.8 Å². The number of thioether (sulfide) groups is 1. The fourth-order valence-electron chi connectivity index (χ4n) is 2.96. The van der Waals surface area contributed by atoms with Crippen molar-refractivity contribution in [2.45, 2.75) is 83.5 Å². The topological polar surface area (TPSA) is 23.5 Å². The van der Waals surface area contributed by atoms with Crippen molar-refractivity contribution in [3.05, 3.63) is 0 Å². The van der Waals surface area contributed by atoms with Crippen LogP contribution in [0.1, 0.15) is 83.5 Å². The minimum atomic E-state index is 0.358. The molecule has 0 amide bonds. The number of hydrogen-bond acceptors (Lipinski definition) is 3. The summed E-state index contributed by atoms with van der Waals surface area (Å²) in [5.41, 5.74) is 0. The van der Waals surface area contributed by atoms with E-state index in [0.29, 0.717) is 6.61 Å². The number of nitrogens with zero attached hydrogens (tertiary/aromatic N) is 1. The molecule has 0 bridgehead atoms. The predicted octanol–water partition coefficient (Wildman–Crippen LogP) is 5.38. The Bertz CT molecular complexity index is 266. The molecule has 0 radical (unpaired) electrons. The lowest BCUT2D eigenvalue weighted by Crippen LogP contribution is -2.28. The molecule has 0 aromatic carbocycles. The Hall–Kier alpha value is 0.200. The van der Waals surface area contributed by atoms with Crippen molar-refractivity contribution in [1.82, 2.24) is 4.90 Å². The smallest absolute Gasteiger partial charge is 0.136 e. The number of rotatable bonds is 11. The molecule has 2 nitrogen and oxygen atoms in total. The summed E-state index contributed by atoms with van der Waals surface area (Å²) >= 11 is 7.48. The first kappa shape index (κ1) is 20.2. The van der Waals surface area contributed by atoms with E-state index in [2.05, 4.69) is 4.90 Å². The molecule has 1 aliphatic rings. The highest BCUT2D eigenvalue weighted by molar-refractivity contribution is 8.22. The summed E-state index contributed by atoms with van der Waals surface area (Å²) < 4.78 is 1.14. The molecule has 22 heavy (non-hydrogen) atoms. The average Bonchev–Trinajstić information content (AvgIpc) is 2.81. The molecular weight excluding hydrogens is 310 g/mol. The Labute approximate surface area is 147 Å². The minimum absolute atomic E-state index is 0.358. The highest BCUT2D eigenvalue weighted by atomic mass is 32.2. The van der Waals surface area contributed by atoms with E-state index >= 15 is 0 Å². The number of likely N-dealkylation sites (tertiary alicyclic amines) is 1. The van der Waals surface area contributed by atoms with Gasteiger partial charge in [0.05, 0.1) is 0 Å². The highest BCUT2D eigenvalue weighted by Crippen LogP contribution is 2.18. The van der Waals surface area contributed by atoms with Crippen LogP contribution in [-0.2, 0) is 0 Å². The van der Waals surface area contributed by atoms with Gasteiger partial charge in [0, 0.05) is 25.4 Å². The third-order valence-corrected chi connectivity index (χ3v) is 6.00. The Balaban J connectivity index is 1.85. The molecule has 0 saturated carbocycles. The minimum Gasteiger partial charge on any atom is -0.396 e. The van der Waals surface area contributed by atoms with E-state index in [0.717, 1.165) is 10.7 Å². The molecule has 0 spiro atoms. The lowest BCUT2D eigenvalue weighted by molar-refractivity contribution is 0.282. The van der Waals surface area contributed by atoms with Crippen molar-refractivity contribution in [2.24, 2.45) is 0 Å². The summed E-state index contributed by atoms with van der Waals surface area (Å²) in [7, 11) is 0. The van der Waals surface area contributed by atoms with Gasteiger partial charge in [-0.2, -0.15) is 0 Å². The zero-order valence-electron chi connectivity index (χ0n) is 14.2. The summed E-state index contributed by atoms with van der Waals surface area (Å²) in [6, 6.07) is 0. The summed E-state index contributed by atoms with van der Waals surface area (Å²) in [5, 5.41) is 8.71. The number of thiocarbonyl (C=S) groups is 1. The molecule has 130 valence electrons. The van der Waals surface area contributed by atoms with Crippen LogP contribution in [0, 0.1) is 0 Å². The Kier molecular flexibility index (Phi) is 13.6. The van der Waals surface area contributed by atoms with Crippen molar-refractivity contribution in [3.8, 4) is 0 Å². The highest BCUT2D eigenvalue weighted by Gasteiger charge is 2.12. The van der Waals surface area contributed by atoms with Crippen LogP contribution < -0.4 is 0 Å². The molecule has 0 aromatic heterocycles. The summed E-state index contributed by atoms with van der Waals surface area (Å²) in [6.07, 6.45) is 17.0. The molecule has 1 heterocycles. The van der Waals surface area contributed by atoms with Crippen LogP contribution >= 0.6 is 24.0 Å². The van der Waals surface area contributed by atoms with Crippen LogP contribution in [0.25, 0.3) is 0 Å². The maximum atomic E-state index is 8.71. The zero-order valence-corrected chi connectivity index (χ0v) is 15.9. The van der Waals surface area contributed by atoms with Gasteiger partial charge in [-0.25, -0.2) is 0 Å². The second-order valence-corrected chi connectivity index (χ2v) is 8.15. The normalized spacial score (nSPS) is 15.8. The van der Waals surface area contributed by atoms with E-state index in [-0.39, 0.29) is 0 Å². The van der Waals surface area contributed by atoms with Gasteiger partial charge < -0.3 is 10.0 Å². The monoisotopic (exact) mass is 345 g/mol. The molecule has 1 N–H and O–H groups in total. The van der Waals surface area contributed by atoms with E-state index < -0.39 is 0 Å². The lowest BCUT2D eigenvalue weighted by atomic mass is 10.1. The third kappa shape index (κ3) is 10.8. The SMILES string of the molecule is OCCCCCCCCCCCSC(=S)N1CCCCCC1. The van der Waals surface area contributed by atoms with Gasteiger partial charge in [-0.15, -0.1) is 0 Å². The Morgan fingerprint density at radius 2 is 1.27 bits per heavy atom. The van der Waals surface area contributed by atoms with Crippen LogP contribution in [-0.4, -0.2) is 39.8 Å².